The Labute approximate surface area is 162 Å². The fraction of sp³-hybridized carbons (Fsp3) is 0.647. The Morgan fingerprint density at radius 2 is 2.00 bits per heavy atom. The first-order valence-corrected chi connectivity index (χ1v) is 10.1. The van der Waals surface area contributed by atoms with E-state index < -0.39 is 5.25 Å². The van der Waals surface area contributed by atoms with Crippen molar-refractivity contribution in [3.63, 3.8) is 0 Å². The molecule has 1 saturated heterocycles. The Bertz CT molecular complexity index is 887. The lowest BCUT2D eigenvalue weighted by Gasteiger charge is -2.28. The van der Waals surface area contributed by atoms with E-state index in [-0.39, 0.29) is 11.5 Å². The first kappa shape index (κ1) is 19.7. The molecule has 1 aliphatic heterocycles. The summed E-state index contributed by atoms with van der Waals surface area (Å²) in [7, 11) is 1.67. The van der Waals surface area contributed by atoms with Crippen LogP contribution in [-0.4, -0.2) is 63.1 Å². The molecular formula is C17H26N6O3S. The van der Waals surface area contributed by atoms with Gasteiger partial charge < -0.3 is 19.5 Å². The Hall–Kier alpha value is -2.07. The topological polar surface area (TPSA) is 94.3 Å². The van der Waals surface area contributed by atoms with Crippen molar-refractivity contribution < 1.29 is 9.53 Å². The van der Waals surface area contributed by atoms with Crippen molar-refractivity contribution in [1.82, 2.24) is 24.4 Å². The van der Waals surface area contributed by atoms with Crippen molar-refractivity contribution in [3.8, 4) is 0 Å². The van der Waals surface area contributed by atoms with Crippen LogP contribution in [0.5, 0.6) is 0 Å². The van der Waals surface area contributed by atoms with E-state index >= 15 is 0 Å². The summed E-state index contributed by atoms with van der Waals surface area (Å²) in [5, 5.41) is 3.32. The van der Waals surface area contributed by atoms with Gasteiger partial charge in [-0.3, -0.25) is 14.2 Å². The molecule has 1 unspecified atom stereocenters. The predicted molar refractivity (Wildman–Crippen MR) is 105 cm³/mol. The van der Waals surface area contributed by atoms with Gasteiger partial charge in [-0.25, -0.2) is 4.98 Å². The molecule has 1 aliphatic rings. The summed E-state index contributed by atoms with van der Waals surface area (Å²) in [5.74, 6) is 0.455. The number of nitrogens with zero attached hydrogens (tertiary/aromatic N) is 5. The molecule has 0 bridgehead atoms. The molecule has 0 radical (unpaired) electrons. The molecule has 0 aromatic carbocycles. The number of carbonyl (C=O) groups is 1. The molecule has 9 nitrogen and oxygen atoms in total. The fourth-order valence-corrected chi connectivity index (χ4v) is 3.97. The molecule has 3 rings (SSSR count). The maximum Gasteiger partial charge on any atom is 0.319 e. The Morgan fingerprint density at radius 1 is 1.30 bits per heavy atom. The predicted octanol–water partition coefficient (Wildman–Crippen LogP) is 0.603. The second kappa shape index (κ2) is 8.30. The molecule has 148 valence electrons. The summed E-state index contributed by atoms with van der Waals surface area (Å²) in [4.78, 5) is 36.4. The second-order valence-electron chi connectivity index (χ2n) is 6.34. The average molecular weight is 395 g/mol. The van der Waals surface area contributed by atoms with Crippen molar-refractivity contribution in [2.45, 2.75) is 37.7 Å². The van der Waals surface area contributed by atoms with Crippen LogP contribution >= 0.6 is 11.8 Å². The lowest BCUT2D eigenvalue weighted by atomic mass is 10.4. The lowest BCUT2D eigenvalue weighted by Crippen LogP contribution is -2.44. The largest absolute Gasteiger partial charge is 0.465 e. The van der Waals surface area contributed by atoms with Crippen LogP contribution in [0.4, 0.5) is 5.95 Å². The second-order valence-corrected chi connectivity index (χ2v) is 7.64. The van der Waals surface area contributed by atoms with Crippen LogP contribution in [0.3, 0.4) is 0 Å². The Morgan fingerprint density at radius 3 is 2.63 bits per heavy atom. The summed E-state index contributed by atoms with van der Waals surface area (Å²) < 4.78 is 8.46. The van der Waals surface area contributed by atoms with Gasteiger partial charge in [-0.05, 0) is 20.8 Å². The van der Waals surface area contributed by atoms with E-state index in [2.05, 4.69) is 20.2 Å². The van der Waals surface area contributed by atoms with Gasteiger partial charge in [0.05, 0.1) is 6.61 Å². The third-order valence-corrected chi connectivity index (χ3v) is 5.66. The molecule has 27 heavy (non-hydrogen) atoms. The summed E-state index contributed by atoms with van der Waals surface area (Å²) in [6, 6.07) is 0. The highest BCUT2D eigenvalue weighted by Gasteiger charge is 2.24. The van der Waals surface area contributed by atoms with Gasteiger partial charge in [0, 0.05) is 39.8 Å². The van der Waals surface area contributed by atoms with Gasteiger partial charge in [-0.2, -0.15) is 4.98 Å². The number of thioether (sulfide) groups is 1. The quantitative estimate of drug-likeness (QED) is 0.433. The molecule has 1 fully saturated rings. The first-order chi connectivity index (χ1) is 13.0. The highest BCUT2D eigenvalue weighted by atomic mass is 32.2. The molecule has 1 atom stereocenters. The molecule has 1 N–H and O–H groups in total. The average Bonchev–Trinajstić information content (AvgIpc) is 3.05. The normalized spacial score (nSPS) is 15.9. The van der Waals surface area contributed by atoms with E-state index in [1.54, 1.807) is 20.9 Å². The Balaban J connectivity index is 2.02. The minimum atomic E-state index is -0.457. The van der Waals surface area contributed by atoms with Crippen LogP contribution < -0.4 is 15.8 Å². The minimum Gasteiger partial charge on any atom is -0.465 e. The number of fused-ring (bicyclic) bond motifs is 1. The number of nitrogens with one attached hydrogen (secondary N) is 1. The standard InChI is InChI=1S/C17H26N6O3S/c1-5-23-12-13(19-16(23)22-9-7-18-8-10-22)20-17(21(4)14(12)24)27-11(3)15(25)26-6-2/h11,18H,5-10H2,1-4H3. The molecule has 0 spiro atoms. The smallest absolute Gasteiger partial charge is 0.319 e. The summed E-state index contributed by atoms with van der Waals surface area (Å²) in [6.45, 7) is 9.92. The first-order valence-electron chi connectivity index (χ1n) is 9.24. The number of piperazine rings is 1. The molecule has 0 aliphatic carbocycles. The zero-order chi connectivity index (χ0) is 19.6. The highest BCUT2D eigenvalue weighted by molar-refractivity contribution is 8.00. The fourth-order valence-electron chi connectivity index (χ4n) is 3.11. The minimum absolute atomic E-state index is 0.158. The van der Waals surface area contributed by atoms with Crippen molar-refractivity contribution in [2.24, 2.45) is 7.05 Å². The van der Waals surface area contributed by atoms with E-state index in [0.717, 1.165) is 32.1 Å². The van der Waals surface area contributed by atoms with Gasteiger partial charge in [-0.1, -0.05) is 11.8 Å². The van der Waals surface area contributed by atoms with Gasteiger partial charge in [-0.15, -0.1) is 0 Å². The van der Waals surface area contributed by atoms with Gasteiger partial charge in [0.2, 0.25) is 5.95 Å². The van der Waals surface area contributed by atoms with Crippen molar-refractivity contribution in [1.29, 1.82) is 0 Å². The molecule has 0 saturated carbocycles. The third kappa shape index (κ3) is 3.81. The number of anilines is 1. The van der Waals surface area contributed by atoms with E-state index in [9.17, 15) is 9.59 Å². The number of esters is 1. The van der Waals surface area contributed by atoms with Crippen molar-refractivity contribution in [3.05, 3.63) is 10.4 Å². The van der Waals surface area contributed by atoms with Crippen LogP contribution in [0.1, 0.15) is 20.8 Å². The van der Waals surface area contributed by atoms with Crippen molar-refractivity contribution >= 4 is 34.8 Å². The lowest BCUT2D eigenvalue weighted by molar-refractivity contribution is -0.142. The zero-order valence-corrected chi connectivity index (χ0v) is 17.0. The molecule has 3 heterocycles. The number of carbonyl (C=O) groups excluding carboxylic acids is 1. The van der Waals surface area contributed by atoms with Crippen LogP contribution in [-0.2, 0) is 23.1 Å². The van der Waals surface area contributed by atoms with E-state index in [1.165, 1.54) is 16.3 Å². The number of ether oxygens (including phenoxy) is 1. The molecule has 10 heteroatoms. The number of rotatable bonds is 6. The SMILES string of the molecule is CCOC(=O)C(C)Sc1nc2nc(N3CCNCC3)n(CC)c2c(=O)n1C. The molecular weight excluding hydrogens is 368 g/mol. The number of hydrogen-bond donors (Lipinski definition) is 1. The number of aromatic nitrogens is 4. The summed E-state index contributed by atoms with van der Waals surface area (Å²) in [6.07, 6.45) is 0. The molecule has 2 aromatic rings. The van der Waals surface area contributed by atoms with Gasteiger partial charge in [0.15, 0.2) is 16.3 Å². The molecule has 0 amide bonds. The summed E-state index contributed by atoms with van der Waals surface area (Å²) in [5.41, 5.74) is 0.767. The van der Waals surface area contributed by atoms with E-state index in [1.807, 2.05) is 11.5 Å². The van der Waals surface area contributed by atoms with E-state index in [0.29, 0.717) is 29.5 Å². The van der Waals surface area contributed by atoms with Crippen LogP contribution in [0.2, 0.25) is 0 Å². The highest BCUT2D eigenvalue weighted by Crippen LogP contribution is 2.25. The zero-order valence-electron chi connectivity index (χ0n) is 16.2. The maximum absolute atomic E-state index is 13.0. The number of imidazole rings is 1. The van der Waals surface area contributed by atoms with Gasteiger partial charge in [0.1, 0.15) is 5.25 Å². The van der Waals surface area contributed by atoms with Gasteiger partial charge in [0.25, 0.3) is 5.56 Å². The van der Waals surface area contributed by atoms with Crippen molar-refractivity contribution in [2.75, 3.05) is 37.7 Å². The monoisotopic (exact) mass is 394 g/mol. The molecule has 2 aromatic heterocycles. The van der Waals surface area contributed by atoms with E-state index in [4.69, 9.17) is 4.74 Å². The number of hydrogen-bond acceptors (Lipinski definition) is 8. The third-order valence-electron chi connectivity index (χ3n) is 4.54. The van der Waals surface area contributed by atoms with Crippen LogP contribution in [0.25, 0.3) is 11.2 Å². The summed E-state index contributed by atoms with van der Waals surface area (Å²) >= 11 is 1.21. The van der Waals surface area contributed by atoms with Crippen LogP contribution in [0, 0.1) is 0 Å². The van der Waals surface area contributed by atoms with Gasteiger partial charge >= 0.3 is 5.97 Å². The maximum atomic E-state index is 13.0. The van der Waals surface area contributed by atoms with Crippen LogP contribution in [0.15, 0.2) is 9.95 Å². The number of aryl methyl sites for hydroxylation is 1. The Kier molecular flexibility index (Phi) is 6.05.